The molecule has 0 aliphatic rings. The molecule has 2 aromatic carbocycles. The molecule has 0 unspecified atom stereocenters. The molecule has 2 N–H and O–H groups in total. The first-order valence-corrected chi connectivity index (χ1v) is 11.0. The smallest absolute Gasteiger partial charge is 0.262 e. The van der Waals surface area contributed by atoms with E-state index in [-0.39, 0.29) is 10.8 Å². The van der Waals surface area contributed by atoms with Crippen molar-refractivity contribution >= 4 is 33.1 Å². The number of carbonyl (C=O) groups is 1. The zero-order chi connectivity index (χ0) is 22.2. The fourth-order valence-corrected chi connectivity index (χ4v) is 4.73. The monoisotopic (exact) mass is 435 g/mol. The third-order valence-electron chi connectivity index (χ3n) is 4.82. The first kappa shape index (κ1) is 20.5. The average molecular weight is 436 g/mol. The quantitative estimate of drug-likeness (QED) is 0.496. The molecule has 0 radical (unpaired) electrons. The summed E-state index contributed by atoms with van der Waals surface area (Å²) in [5.41, 5.74) is 3.91. The number of fused-ring (bicyclic) bond motifs is 1. The van der Waals surface area contributed by atoms with Gasteiger partial charge in [-0.2, -0.15) is 0 Å². The summed E-state index contributed by atoms with van der Waals surface area (Å²) in [4.78, 5) is 20.2. The SMILES string of the molecule is CC(=O)Nc1ccc(S(=O)(=O)Nc2cccc(-c3nc4ncccn4c3C)c2)c(C)c1. The number of imidazole rings is 1. The van der Waals surface area contributed by atoms with E-state index < -0.39 is 10.0 Å². The van der Waals surface area contributed by atoms with Crippen LogP contribution >= 0.6 is 0 Å². The number of carbonyl (C=O) groups excluding carboxylic acids is 1. The van der Waals surface area contributed by atoms with Gasteiger partial charge in [-0.15, -0.1) is 0 Å². The maximum Gasteiger partial charge on any atom is 0.262 e. The van der Waals surface area contributed by atoms with Gasteiger partial charge < -0.3 is 5.32 Å². The van der Waals surface area contributed by atoms with Crippen molar-refractivity contribution in [3.8, 4) is 11.3 Å². The normalized spacial score (nSPS) is 11.5. The van der Waals surface area contributed by atoms with E-state index >= 15 is 0 Å². The van der Waals surface area contributed by atoms with Crippen molar-refractivity contribution in [3.63, 3.8) is 0 Å². The number of aromatic nitrogens is 3. The second-order valence-corrected chi connectivity index (χ2v) is 8.83. The van der Waals surface area contributed by atoms with E-state index in [4.69, 9.17) is 0 Å². The van der Waals surface area contributed by atoms with Crippen LogP contribution in [0.15, 0.2) is 65.8 Å². The molecule has 31 heavy (non-hydrogen) atoms. The number of rotatable bonds is 5. The molecule has 8 nitrogen and oxygen atoms in total. The highest BCUT2D eigenvalue weighted by Gasteiger charge is 2.18. The maximum absolute atomic E-state index is 13.0. The van der Waals surface area contributed by atoms with Crippen LogP contribution in [-0.4, -0.2) is 28.7 Å². The molecule has 0 atom stereocenters. The third-order valence-corrected chi connectivity index (χ3v) is 6.36. The molecule has 4 aromatic rings. The molecule has 158 valence electrons. The second-order valence-electron chi connectivity index (χ2n) is 7.18. The molecule has 2 aromatic heterocycles. The topological polar surface area (TPSA) is 105 Å². The summed E-state index contributed by atoms with van der Waals surface area (Å²) in [5, 5.41) is 2.65. The number of amides is 1. The third kappa shape index (κ3) is 4.13. The van der Waals surface area contributed by atoms with Gasteiger partial charge in [0.25, 0.3) is 10.0 Å². The van der Waals surface area contributed by atoms with E-state index in [2.05, 4.69) is 20.0 Å². The molecule has 0 bridgehead atoms. The maximum atomic E-state index is 13.0. The van der Waals surface area contributed by atoms with Crippen LogP contribution in [-0.2, 0) is 14.8 Å². The van der Waals surface area contributed by atoms with E-state index in [9.17, 15) is 13.2 Å². The average Bonchev–Trinajstić information content (AvgIpc) is 3.04. The summed E-state index contributed by atoms with van der Waals surface area (Å²) in [6.07, 6.45) is 3.56. The van der Waals surface area contributed by atoms with Gasteiger partial charge in [0.1, 0.15) is 0 Å². The molecule has 0 saturated heterocycles. The highest BCUT2D eigenvalue weighted by molar-refractivity contribution is 7.92. The van der Waals surface area contributed by atoms with Crippen molar-refractivity contribution in [1.82, 2.24) is 14.4 Å². The minimum absolute atomic E-state index is 0.139. The van der Waals surface area contributed by atoms with E-state index in [1.807, 2.05) is 29.7 Å². The molecule has 0 aliphatic heterocycles. The summed E-state index contributed by atoms with van der Waals surface area (Å²) in [5.74, 6) is 0.359. The lowest BCUT2D eigenvalue weighted by Gasteiger charge is -2.12. The first-order valence-electron chi connectivity index (χ1n) is 9.56. The van der Waals surface area contributed by atoms with Crippen LogP contribution in [0.25, 0.3) is 17.0 Å². The predicted molar refractivity (Wildman–Crippen MR) is 119 cm³/mol. The highest BCUT2D eigenvalue weighted by Crippen LogP contribution is 2.28. The fraction of sp³-hybridized carbons (Fsp3) is 0.136. The lowest BCUT2D eigenvalue weighted by atomic mass is 10.1. The molecule has 0 aliphatic carbocycles. The van der Waals surface area contributed by atoms with Crippen LogP contribution in [0.1, 0.15) is 18.2 Å². The van der Waals surface area contributed by atoms with Gasteiger partial charge in [-0.05, 0) is 55.8 Å². The Hall–Kier alpha value is -3.72. The van der Waals surface area contributed by atoms with Crippen molar-refractivity contribution in [2.75, 3.05) is 10.0 Å². The number of aryl methyl sites for hydroxylation is 2. The summed E-state index contributed by atoms with van der Waals surface area (Å²) in [6, 6.07) is 13.6. The Bertz CT molecular complexity index is 1410. The molecule has 0 fully saturated rings. The second kappa shape index (κ2) is 7.84. The Morgan fingerprint density at radius 2 is 1.84 bits per heavy atom. The molecule has 0 saturated carbocycles. The van der Waals surface area contributed by atoms with Gasteiger partial charge >= 0.3 is 0 Å². The summed E-state index contributed by atoms with van der Waals surface area (Å²) < 4.78 is 30.5. The van der Waals surface area contributed by atoms with Crippen LogP contribution in [0.2, 0.25) is 0 Å². The Labute approximate surface area is 180 Å². The lowest BCUT2D eigenvalue weighted by Crippen LogP contribution is -2.15. The Kier molecular flexibility index (Phi) is 5.20. The van der Waals surface area contributed by atoms with E-state index in [0.717, 1.165) is 17.0 Å². The fourth-order valence-electron chi connectivity index (χ4n) is 3.45. The number of hydrogen-bond acceptors (Lipinski definition) is 5. The number of benzene rings is 2. The summed E-state index contributed by atoms with van der Waals surface area (Å²) in [7, 11) is -3.82. The van der Waals surface area contributed by atoms with Gasteiger partial charge in [-0.1, -0.05) is 12.1 Å². The van der Waals surface area contributed by atoms with Crippen molar-refractivity contribution in [2.24, 2.45) is 0 Å². The van der Waals surface area contributed by atoms with Crippen molar-refractivity contribution in [1.29, 1.82) is 0 Å². The van der Waals surface area contributed by atoms with Crippen LogP contribution < -0.4 is 10.0 Å². The van der Waals surface area contributed by atoms with Gasteiger partial charge in [0.05, 0.1) is 10.6 Å². The van der Waals surface area contributed by atoms with E-state index in [1.165, 1.54) is 13.0 Å². The van der Waals surface area contributed by atoms with Gasteiger partial charge in [0.15, 0.2) is 0 Å². The van der Waals surface area contributed by atoms with E-state index in [1.54, 1.807) is 43.5 Å². The van der Waals surface area contributed by atoms with Gasteiger partial charge in [-0.3, -0.25) is 13.9 Å². The van der Waals surface area contributed by atoms with Gasteiger partial charge in [0, 0.05) is 41.9 Å². The standard InChI is InChI=1S/C22H21N5O3S/c1-14-12-18(24-16(3)28)8-9-20(14)31(29,30)26-19-7-4-6-17(13-19)21-15(2)27-11-5-10-23-22(27)25-21/h4-13,26H,1-3H3,(H,24,28). The zero-order valence-corrected chi connectivity index (χ0v) is 18.1. The number of anilines is 2. The largest absolute Gasteiger partial charge is 0.326 e. The molecule has 1 amide bonds. The lowest BCUT2D eigenvalue weighted by molar-refractivity contribution is -0.114. The molecule has 0 spiro atoms. The summed E-state index contributed by atoms with van der Waals surface area (Å²) in [6.45, 7) is 5.02. The predicted octanol–water partition coefficient (Wildman–Crippen LogP) is 3.77. The van der Waals surface area contributed by atoms with Crippen molar-refractivity contribution in [2.45, 2.75) is 25.7 Å². The Morgan fingerprint density at radius 3 is 2.55 bits per heavy atom. The molecular weight excluding hydrogens is 414 g/mol. The minimum atomic E-state index is -3.82. The van der Waals surface area contributed by atoms with Crippen molar-refractivity contribution in [3.05, 3.63) is 72.2 Å². The molecule has 9 heteroatoms. The highest BCUT2D eigenvalue weighted by atomic mass is 32.2. The van der Waals surface area contributed by atoms with Gasteiger partial charge in [0.2, 0.25) is 11.7 Å². The number of nitrogens with zero attached hydrogens (tertiary/aromatic N) is 3. The number of nitrogens with one attached hydrogen (secondary N) is 2. The number of sulfonamides is 1. The zero-order valence-electron chi connectivity index (χ0n) is 17.2. The Balaban J connectivity index is 1.65. The molecule has 4 rings (SSSR count). The van der Waals surface area contributed by atoms with Crippen LogP contribution in [0.4, 0.5) is 11.4 Å². The Morgan fingerprint density at radius 1 is 1.03 bits per heavy atom. The van der Waals surface area contributed by atoms with Crippen LogP contribution in [0.5, 0.6) is 0 Å². The van der Waals surface area contributed by atoms with E-state index in [0.29, 0.717) is 22.7 Å². The van der Waals surface area contributed by atoms with Crippen molar-refractivity contribution < 1.29 is 13.2 Å². The minimum Gasteiger partial charge on any atom is -0.326 e. The molecule has 2 heterocycles. The van der Waals surface area contributed by atoms with Crippen LogP contribution in [0.3, 0.4) is 0 Å². The van der Waals surface area contributed by atoms with Crippen LogP contribution in [0, 0.1) is 13.8 Å². The van der Waals surface area contributed by atoms with Gasteiger partial charge in [-0.25, -0.2) is 18.4 Å². The number of hydrogen-bond donors (Lipinski definition) is 2. The summed E-state index contributed by atoms with van der Waals surface area (Å²) >= 11 is 0. The molecular formula is C22H21N5O3S. The first-order chi connectivity index (χ1) is 14.7.